The topological polar surface area (TPSA) is 26.0 Å². The van der Waals surface area contributed by atoms with E-state index in [0.29, 0.717) is 34.7 Å². The second-order valence-corrected chi connectivity index (χ2v) is 7.98. The molecular formula is C18H27ClFN. The minimum absolute atomic E-state index is 0.207. The zero-order valence-corrected chi connectivity index (χ0v) is 14.1. The molecule has 1 aliphatic rings. The third kappa shape index (κ3) is 4.20. The van der Waals surface area contributed by atoms with Crippen LogP contribution in [0.15, 0.2) is 18.2 Å². The number of nitrogens with two attached hydrogens (primary N) is 1. The van der Waals surface area contributed by atoms with E-state index in [0.717, 1.165) is 18.4 Å². The van der Waals surface area contributed by atoms with Crippen LogP contribution in [0.5, 0.6) is 0 Å². The van der Waals surface area contributed by atoms with Gasteiger partial charge in [0.25, 0.3) is 0 Å². The van der Waals surface area contributed by atoms with Gasteiger partial charge < -0.3 is 5.73 Å². The van der Waals surface area contributed by atoms with Gasteiger partial charge in [-0.2, -0.15) is 0 Å². The van der Waals surface area contributed by atoms with Crippen LogP contribution >= 0.6 is 11.6 Å². The van der Waals surface area contributed by atoms with E-state index in [1.54, 1.807) is 12.1 Å². The molecule has 3 atom stereocenters. The van der Waals surface area contributed by atoms with E-state index >= 15 is 0 Å². The van der Waals surface area contributed by atoms with Crippen LogP contribution < -0.4 is 5.73 Å². The van der Waals surface area contributed by atoms with Gasteiger partial charge in [0.05, 0.1) is 0 Å². The molecule has 0 radical (unpaired) electrons. The zero-order chi connectivity index (χ0) is 15.6. The fourth-order valence-corrected chi connectivity index (χ4v) is 3.85. The van der Waals surface area contributed by atoms with E-state index in [1.807, 2.05) is 0 Å². The Labute approximate surface area is 133 Å². The molecule has 1 fully saturated rings. The Kier molecular flexibility index (Phi) is 5.32. The van der Waals surface area contributed by atoms with Crippen molar-refractivity contribution in [3.8, 4) is 0 Å². The van der Waals surface area contributed by atoms with Crippen molar-refractivity contribution in [1.82, 2.24) is 0 Å². The first-order valence-electron chi connectivity index (χ1n) is 7.95. The smallest absolute Gasteiger partial charge is 0.123 e. The van der Waals surface area contributed by atoms with E-state index in [2.05, 4.69) is 20.8 Å². The summed E-state index contributed by atoms with van der Waals surface area (Å²) in [4.78, 5) is 0. The third-order valence-electron chi connectivity index (χ3n) is 5.16. The van der Waals surface area contributed by atoms with Gasteiger partial charge in [-0.15, -0.1) is 0 Å². The Morgan fingerprint density at radius 3 is 2.57 bits per heavy atom. The van der Waals surface area contributed by atoms with Gasteiger partial charge in [0.1, 0.15) is 5.82 Å². The van der Waals surface area contributed by atoms with Crippen molar-refractivity contribution in [3.63, 3.8) is 0 Å². The normalized spacial score (nSPS) is 26.9. The van der Waals surface area contributed by atoms with Crippen LogP contribution in [-0.4, -0.2) is 6.54 Å². The van der Waals surface area contributed by atoms with Gasteiger partial charge in [0.15, 0.2) is 0 Å². The van der Waals surface area contributed by atoms with Gasteiger partial charge in [0, 0.05) is 5.02 Å². The summed E-state index contributed by atoms with van der Waals surface area (Å²) in [6.45, 7) is 7.65. The van der Waals surface area contributed by atoms with Crippen LogP contribution in [0.1, 0.15) is 45.6 Å². The largest absolute Gasteiger partial charge is 0.330 e. The third-order valence-corrected chi connectivity index (χ3v) is 5.53. The number of hydrogen-bond donors (Lipinski definition) is 1. The van der Waals surface area contributed by atoms with Crippen LogP contribution in [0.25, 0.3) is 0 Å². The first kappa shape index (κ1) is 16.8. The van der Waals surface area contributed by atoms with E-state index in [-0.39, 0.29) is 5.82 Å². The molecule has 3 heteroatoms. The summed E-state index contributed by atoms with van der Waals surface area (Å²) in [7, 11) is 0. The number of rotatable bonds is 3. The van der Waals surface area contributed by atoms with Gasteiger partial charge in [0.2, 0.25) is 0 Å². The van der Waals surface area contributed by atoms with E-state index < -0.39 is 0 Å². The van der Waals surface area contributed by atoms with Crippen molar-refractivity contribution in [1.29, 1.82) is 0 Å². The molecule has 2 N–H and O–H groups in total. The van der Waals surface area contributed by atoms with Gasteiger partial charge in [-0.1, -0.05) is 32.4 Å². The second-order valence-electron chi connectivity index (χ2n) is 7.57. The molecule has 3 unspecified atom stereocenters. The van der Waals surface area contributed by atoms with Crippen molar-refractivity contribution < 1.29 is 4.39 Å². The standard InChI is InChI=1S/C18H27ClFN/c1-18(2,3)15-5-4-12(11-21)13(9-15)8-14-10-16(20)6-7-17(14)19/h6-7,10,12-13,15H,4-5,8-9,11,21H2,1-3H3. The Hall–Kier alpha value is -0.600. The molecule has 0 saturated heterocycles. The molecule has 118 valence electrons. The van der Waals surface area contributed by atoms with Crippen LogP contribution in [-0.2, 0) is 6.42 Å². The molecule has 0 amide bonds. The van der Waals surface area contributed by atoms with E-state index in [1.165, 1.54) is 18.9 Å². The summed E-state index contributed by atoms with van der Waals surface area (Å²) in [6.07, 6.45) is 4.43. The minimum atomic E-state index is -0.207. The van der Waals surface area contributed by atoms with Crippen molar-refractivity contribution >= 4 is 11.6 Å². The minimum Gasteiger partial charge on any atom is -0.330 e. The Bertz CT molecular complexity index is 481. The molecule has 0 spiro atoms. The Morgan fingerprint density at radius 2 is 1.95 bits per heavy atom. The van der Waals surface area contributed by atoms with E-state index in [9.17, 15) is 4.39 Å². The Balaban J connectivity index is 2.16. The first-order valence-corrected chi connectivity index (χ1v) is 8.33. The lowest BCUT2D eigenvalue weighted by molar-refractivity contribution is 0.101. The molecule has 1 saturated carbocycles. The molecular weight excluding hydrogens is 285 g/mol. The summed E-state index contributed by atoms with van der Waals surface area (Å²) < 4.78 is 13.5. The summed E-state index contributed by atoms with van der Waals surface area (Å²) >= 11 is 6.23. The van der Waals surface area contributed by atoms with Crippen LogP contribution in [0.3, 0.4) is 0 Å². The van der Waals surface area contributed by atoms with Gasteiger partial charge >= 0.3 is 0 Å². The second kappa shape index (κ2) is 6.66. The van der Waals surface area contributed by atoms with Crippen LogP contribution in [0.2, 0.25) is 5.02 Å². The summed E-state index contributed by atoms with van der Waals surface area (Å²) in [6, 6.07) is 4.66. The van der Waals surface area contributed by atoms with E-state index in [4.69, 9.17) is 17.3 Å². The highest BCUT2D eigenvalue weighted by Gasteiger charge is 2.35. The van der Waals surface area contributed by atoms with Crippen molar-refractivity contribution in [2.45, 2.75) is 46.5 Å². The highest BCUT2D eigenvalue weighted by molar-refractivity contribution is 6.31. The van der Waals surface area contributed by atoms with Crippen LogP contribution in [0.4, 0.5) is 4.39 Å². The zero-order valence-electron chi connectivity index (χ0n) is 13.3. The average Bonchev–Trinajstić information content (AvgIpc) is 2.42. The van der Waals surface area contributed by atoms with Crippen molar-refractivity contribution in [3.05, 3.63) is 34.6 Å². The molecule has 1 aromatic carbocycles. The SMILES string of the molecule is CC(C)(C)C1CCC(CN)C(Cc2cc(F)ccc2Cl)C1. The molecule has 1 nitrogen and oxygen atoms in total. The van der Waals surface area contributed by atoms with Gasteiger partial charge in [-0.05, 0) is 79.2 Å². The molecule has 1 aliphatic carbocycles. The quantitative estimate of drug-likeness (QED) is 0.829. The average molecular weight is 312 g/mol. The lowest BCUT2D eigenvalue weighted by atomic mass is 9.64. The molecule has 0 heterocycles. The number of benzene rings is 1. The predicted molar refractivity (Wildman–Crippen MR) is 87.9 cm³/mol. The van der Waals surface area contributed by atoms with Gasteiger partial charge in [-0.3, -0.25) is 0 Å². The molecule has 0 aromatic heterocycles. The lowest BCUT2D eigenvalue weighted by Crippen LogP contribution is -2.36. The highest BCUT2D eigenvalue weighted by atomic mass is 35.5. The molecule has 21 heavy (non-hydrogen) atoms. The fourth-order valence-electron chi connectivity index (χ4n) is 3.66. The molecule has 2 rings (SSSR count). The number of halogens is 2. The van der Waals surface area contributed by atoms with Crippen molar-refractivity contribution in [2.75, 3.05) is 6.54 Å². The highest BCUT2D eigenvalue weighted by Crippen LogP contribution is 2.44. The first-order chi connectivity index (χ1) is 9.81. The van der Waals surface area contributed by atoms with Crippen molar-refractivity contribution in [2.24, 2.45) is 28.9 Å². The maximum atomic E-state index is 13.5. The summed E-state index contributed by atoms with van der Waals surface area (Å²) in [5.41, 5.74) is 7.21. The molecule has 1 aromatic rings. The summed E-state index contributed by atoms with van der Waals surface area (Å²) in [5, 5.41) is 0.671. The number of hydrogen-bond acceptors (Lipinski definition) is 1. The van der Waals surface area contributed by atoms with Gasteiger partial charge in [-0.25, -0.2) is 4.39 Å². The Morgan fingerprint density at radius 1 is 1.24 bits per heavy atom. The van der Waals surface area contributed by atoms with Crippen LogP contribution in [0, 0.1) is 29.0 Å². The summed E-state index contributed by atoms with van der Waals surface area (Å²) in [5.74, 6) is 1.54. The lowest BCUT2D eigenvalue weighted by Gasteiger charge is -2.42. The maximum absolute atomic E-state index is 13.5. The fraction of sp³-hybridized carbons (Fsp3) is 0.667. The molecule has 0 aliphatic heterocycles. The predicted octanol–water partition coefficient (Wildman–Crippen LogP) is 5.06. The monoisotopic (exact) mass is 311 g/mol. The maximum Gasteiger partial charge on any atom is 0.123 e. The molecule has 0 bridgehead atoms.